The number of hydrogen-bond acceptors (Lipinski definition) is 8. The van der Waals surface area contributed by atoms with Gasteiger partial charge in [-0.3, -0.25) is 4.98 Å². The van der Waals surface area contributed by atoms with Crippen LogP contribution < -0.4 is 10.1 Å². The molecule has 1 unspecified atom stereocenters. The third-order valence-electron chi connectivity index (χ3n) is 5.48. The predicted octanol–water partition coefficient (Wildman–Crippen LogP) is 3.42. The van der Waals surface area contributed by atoms with Crippen molar-refractivity contribution < 1.29 is 13.2 Å². The first-order valence-electron chi connectivity index (χ1n) is 10.7. The standard InChI is InChI=1S/C23H24N6O3S/c1-14-8-20(21(12-24-14)32-19-5-7-33(30,31)13-19)17-4-6-29-18(10-17)11-23(28-29)27-22-9-15(2)25-16(3)26-22/h4,6,8-12,19H,5,7,13H2,1-3H3,(H,25,26,27,28). The summed E-state index contributed by atoms with van der Waals surface area (Å²) >= 11 is 0. The van der Waals surface area contributed by atoms with Crippen molar-refractivity contribution in [1.82, 2.24) is 24.6 Å². The molecule has 9 nitrogen and oxygen atoms in total. The van der Waals surface area contributed by atoms with Crippen LogP contribution in [0.1, 0.15) is 23.6 Å². The van der Waals surface area contributed by atoms with Gasteiger partial charge in [0.05, 0.1) is 23.2 Å². The van der Waals surface area contributed by atoms with E-state index < -0.39 is 9.84 Å². The smallest absolute Gasteiger partial charge is 0.154 e. The van der Waals surface area contributed by atoms with E-state index >= 15 is 0 Å². The van der Waals surface area contributed by atoms with E-state index in [2.05, 4.69) is 25.4 Å². The van der Waals surface area contributed by atoms with Crippen LogP contribution in [0.5, 0.6) is 5.75 Å². The Morgan fingerprint density at radius 3 is 2.67 bits per heavy atom. The maximum Gasteiger partial charge on any atom is 0.154 e. The minimum absolute atomic E-state index is 0.0407. The molecule has 1 saturated heterocycles. The van der Waals surface area contributed by atoms with Crippen molar-refractivity contribution in [3.63, 3.8) is 0 Å². The Morgan fingerprint density at radius 1 is 1.06 bits per heavy atom. The van der Waals surface area contributed by atoms with Gasteiger partial charge in [-0.05, 0) is 51.0 Å². The summed E-state index contributed by atoms with van der Waals surface area (Å²) in [6, 6.07) is 9.73. The summed E-state index contributed by atoms with van der Waals surface area (Å²) in [5.74, 6) is 2.84. The van der Waals surface area contributed by atoms with Gasteiger partial charge in [0.2, 0.25) is 0 Å². The number of aromatic nitrogens is 5. The minimum atomic E-state index is -3.03. The molecule has 5 rings (SSSR count). The van der Waals surface area contributed by atoms with Gasteiger partial charge in [0, 0.05) is 35.3 Å². The van der Waals surface area contributed by atoms with Crippen LogP contribution in [0.4, 0.5) is 11.6 Å². The van der Waals surface area contributed by atoms with Gasteiger partial charge in [-0.25, -0.2) is 22.9 Å². The van der Waals surface area contributed by atoms with Crippen LogP contribution >= 0.6 is 0 Å². The maximum atomic E-state index is 11.8. The summed E-state index contributed by atoms with van der Waals surface area (Å²) in [5, 5.41) is 7.81. The molecular weight excluding hydrogens is 440 g/mol. The van der Waals surface area contributed by atoms with Crippen LogP contribution in [0.25, 0.3) is 16.6 Å². The Bertz CT molecular complexity index is 1440. The van der Waals surface area contributed by atoms with Crippen molar-refractivity contribution in [3.8, 4) is 16.9 Å². The first-order valence-corrected chi connectivity index (χ1v) is 12.5. The Kier molecular flexibility index (Phi) is 5.24. The zero-order valence-corrected chi connectivity index (χ0v) is 19.4. The molecule has 0 bridgehead atoms. The second-order valence-corrected chi connectivity index (χ2v) is 10.6. The number of aryl methyl sites for hydroxylation is 3. The molecular formula is C23H24N6O3S. The fraction of sp³-hybridized carbons (Fsp3) is 0.304. The van der Waals surface area contributed by atoms with E-state index in [1.54, 1.807) is 10.7 Å². The lowest BCUT2D eigenvalue weighted by Gasteiger charge is -2.16. The first kappa shape index (κ1) is 21.3. The van der Waals surface area contributed by atoms with Crippen molar-refractivity contribution in [2.45, 2.75) is 33.3 Å². The van der Waals surface area contributed by atoms with Crippen molar-refractivity contribution in [2.75, 3.05) is 16.8 Å². The Morgan fingerprint density at radius 2 is 1.91 bits per heavy atom. The van der Waals surface area contributed by atoms with Gasteiger partial charge in [0.25, 0.3) is 0 Å². The van der Waals surface area contributed by atoms with Gasteiger partial charge in [0.1, 0.15) is 23.5 Å². The highest BCUT2D eigenvalue weighted by Crippen LogP contribution is 2.33. The summed E-state index contributed by atoms with van der Waals surface area (Å²) in [5.41, 5.74) is 4.42. The van der Waals surface area contributed by atoms with Crippen LogP contribution in [-0.2, 0) is 9.84 Å². The molecule has 10 heteroatoms. The highest BCUT2D eigenvalue weighted by Gasteiger charge is 2.30. The number of rotatable bonds is 5. The average Bonchev–Trinajstić information content (AvgIpc) is 3.29. The van der Waals surface area contributed by atoms with Gasteiger partial charge >= 0.3 is 0 Å². The van der Waals surface area contributed by atoms with Crippen molar-refractivity contribution in [1.29, 1.82) is 0 Å². The Hall–Kier alpha value is -3.53. The SMILES string of the molecule is Cc1cc(-c2ccn3nc(Nc4cc(C)nc(C)n4)cc3c2)c(OC2CCS(=O)(=O)C2)cn1. The fourth-order valence-corrected chi connectivity index (χ4v) is 5.63. The molecule has 0 aliphatic carbocycles. The van der Waals surface area contributed by atoms with Crippen LogP contribution in [0.15, 0.2) is 42.7 Å². The Labute approximate surface area is 191 Å². The molecule has 0 radical (unpaired) electrons. The van der Waals surface area contributed by atoms with E-state index in [0.29, 0.717) is 29.6 Å². The number of ether oxygens (including phenoxy) is 1. The topological polar surface area (TPSA) is 111 Å². The van der Waals surface area contributed by atoms with E-state index in [1.807, 2.05) is 57.3 Å². The second-order valence-electron chi connectivity index (χ2n) is 8.35. The van der Waals surface area contributed by atoms with E-state index in [1.165, 1.54) is 0 Å². The average molecular weight is 465 g/mol. The van der Waals surface area contributed by atoms with Gasteiger partial charge in [0.15, 0.2) is 15.7 Å². The van der Waals surface area contributed by atoms with E-state index in [0.717, 1.165) is 28.0 Å². The van der Waals surface area contributed by atoms with Gasteiger partial charge in [-0.1, -0.05) is 0 Å². The van der Waals surface area contributed by atoms with Gasteiger partial charge < -0.3 is 10.1 Å². The van der Waals surface area contributed by atoms with Crippen molar-refractivity contribution in [2.24, 2.45) is 0 Å². The largest absolute Gasteiger partial charge is 0.487 e. The van der Waals surface area contributed by atoms with Gasteiger partial charge in [-0.15, -0.1) is 0 Å². The molecule has 33 heavy (non-hydrogen) atoms. The quantitative estimate of drug-likeness (QED) is 0.478. The molecule has 1 N–H and O–H groups in total. The normalized spacial score (nSPS) is 17.4. The van der Waals surface area contributed by atoms with Crippen molar-refractivity contribution >= 4 is 27.0 Å². The minimum Gasteiger partial charge on any atom is -0.487 e. The number of pyridine rings is 2. The van der Waals surface area contributed by atoms with Crippen LogP contribution in [0.2, 0.25) is 0 Å². The molecule has 1 aliphatic heterocycles. The summed E-state index contributed by atoms with van der Waals surface area (Å²) in [4.78, 5) is 13.1. The molecule has 1 fully saturated rings. The number of nitrogens with zero attached hydrogens (tertiary/aromatic N) is 5. The number of anilines is 2. The molecule has 1 aliphatic rings. The highest BCUT2D eigenvalue weighted by molar-refractivity contribution is 7.91. The molecule has 0 saturated carbocycles. The maximum absolute atomic E-state index is 11.8. The lowest BCUT2D eigenvalue weighted by Crippen LogP contribution is -2.18. The molecule has 4 aromatic heterocycles. The molecule has 1 atom stereocenters. The van der Waals surface area contributed by atoms with E-state index in [9.17, 15) is 8.42 Å². The molecule has 170 valence electrons. The summed E-state index contributed by atoms with van der Waals surface area (Å²) in [7, 11) is -3.03. The molecule has 0 spiro atoms. The summed E-state index contributed by atoms with van der Waals surface area (Å²) in [6.45, 7) is 5.69. The number of fused-ring (bicyclic) bond motifs is 1. The lowest BCUT2D eigenvalue weighted by atomic mass is 10.1. The summed E-state index contributed by atoms with van der Waals surface area (Å²) in [6.07, 6.45) is 3.69. The monoisotopic (exact) mass is 464 g/mol. The predicted molar refractivity (Wildman–Crippen MR) is 126 cm³/mol. The van der Waals surface area contributed by atoms with Crippen LogP contribution in [0.3, 0.4) is 0 Å². The Balaban J connectivity index is 1.46. The summed E-state index contributed by atoms with van der Waals surface area (Å²) < 4.78 is 31.5. The van der Waals surface area contributed by atoms with Crippen LogP contribution in [-0.4, -0.2) is 50.6 Å². The third-order valence-corrected chi connectivity index (χ3v) is 7.22. The number of hydrogen-bond donors (Lipinski definition) is 1. The molecule has 0 amide bonds. The first-order chi connectivity index (χ1) is 15.7. The molecule has 5 heterocycles. The van der Waals surface area contributed by atoms with Crippen LogP contribution in [0, 0.1) is 20.8 Å². The number of nitrogens with one attached hydrogen (secondary N) is 1. The van der Waals surface area contributed by atoms with E-state index in [4.69, 9.17) is 4.74 Å². The van der Waals surface area contributed by atoms with Gasteiger partial charge in [-0.2, -0.15) is 5.10 Å². The zero-order chi connectivity index (χ0) is 23.2. The molecule has 4 aromatic rings. The zero-order valence-electron chi connectivity index (χ0n) is 18.6. The number of sulfone groups is 1. The lowest BCUT2D eigenvalue weighted by molar-refractivity contribution is 0.229. The molecule has 0 aromatic carbocycles. The fourth-order valence-electron chi connectivity index (χ4n) is 4.04. The third kappa shape index (κ3) is 4.65. The highest BCUT2D eigenvalue weighted by atomic mass is 32.2. The second kappa shape index (κ2) is 8.11. The van der Waals surface area contributed by atoms with E-state index in [-0.39, 0.29) is 17.6 Å². The van der Waals surface area contributed by atoms with Crippen molar-refractivity contribution in [3.05, 3.63) is 59.9 Å².